The van der Waals surface area contributed by atoms with E-state index in [-0.39, 0.29) is 19.6 Å². The van der Waals surface area contributed by atoms with Crippen LogP contribution in [0.2, 0.25) is 0 Å². The van der Waals surface area contributed by atoms with Gasteiger partial charge in [-0.05, 0) is 20.8 Å². The van der Waals surface area contributed by atoms with Crippen molar-refractivity contribution in [2.75, 3.05) is 33.3 Å². The Bertz CT molecular complexity index is 417. The molecular weight excluding hydrogens is 280 g/mol. The average molecular weight is 302 g/mol. The van der Waals surface area contributed by atoms with Crippen LogP contribution in [0.1, 0.15) is 20.8 Å². The summed E-state index contributed by atoms with van der Waals surface area (Å²) in [5.41, 5.74) is -0.671. The smallest absolute Gasteiger partial charge is 0.411 e. The molecule has 120 valence electrons. The maximum atomic E-state index is 12.1. The molecule has 1 heterocycles. The van der Waals surface area contributed by atoms with Crippen molar-refractivity contribution in [3.8, 4) is 0 Å². The second kappa shape index (κ2) is 6.75. The van der Waals surface area contributed by atoms with E-state index in [1.54, 1.807) is 25.7 Å². The SMILES string of the molecule is COC(=O)C1CN(CC(=O)O)CCN1C(=O)OC(C)(C)C. The van der Waals surface area contributed by atoms with Gasteiger partial charge in [0.05, 0.1) is 13.7 Å². The van der Waals surface area contributed by atoms with Gasteiger partial charge in [-0.2, -0.15) is 0 Å². The van der Waals surface area contributed by atoms with Gasteiger partial charge in [0.2, 0.25) is 0 Å². The summed E-state index contributed by atoms with van der Waals surface area (Å²) in [7, 11) is 1.23. The zero-order chi connectivity index (χ0) is 16.2. The highest BCUT2D eigenvalue weighted by Gasteiger charge is 2.38. The van der Waals surface area contributed by atoms with Gasteiger partial charge in [0.15, 0.2) is 0 Å². The Kier molecular flexibility index (Phi) is 5.54. The number of aliphatic carboxylic acids is 1. The molecule has 0 aliphatic carbocycles. The van der Waals surface area contributed by atoms with Crippen LogP contribution in [0.25, 0.3) is 0 Å². The van der Waals surface area contributed by atoms with Crippen molar-refractivity contribution in [2.45, 2.75) is 32.4 Å². The molecule has 0 spiro atoms. The van der Waals surface area contributed by atoms with Crippen molar-refractivity contribution in [1.29, 1.82) is 0 Å². The number of ether oxygens (including phenoxy) is 2. The Morgan fingerprint density at radius 1 is 1.24 bits per heavy atom. The van der Waals surface area contributed by atoms with Gasteiger partial charge < -0.3 is 14.6 Å². The zero-order valence-electron chi connectivity index (χ0n) is 12.8. The van der Waals surface area contributed by atoms with E-state index >= 15 is 0 Å². The monoisotopic (exact) mass is 302 g/mol. The number of methoxy groups -OCH3 is 1. The Morgan fingerprint density at radius 3 is 2.33 bits per heavy atom. The van der Waals surface area contributed by atoms with Gasteiger partial charge in [-0.1, -0.05) is 0 Å². The first kappa shape index (κ1) is 17.2. The number of carbonyl (C=O) groups excluding carboxylic acids is 2. The molecule has 0 aromatic heterocycles. The molecule has 8 nitrogen and oxygen atoms in total. The van der Waals surface area contributed by atoms with Gasteiger partial charge in [0.1, 0.15) is 11.6 Å². The van der Waals surface area contributed by atoms with E-state index in [1.807, 2.05) is 0 Å². The number of carbonyl (C=O) groups is 3. The molecule has 1 rings (SSSR count). The minimum absolute atomic E-state index is 0.109. The Hall–Kier alpha value is -1.83. The molecule has 1 fully saturated rings. The highest BCUT2D eigenvalue weighted by molar-refractivity contribution is 5.82. The Balaban J connectivity index is 2.81. The summed E-state index contributed by atoms with van der Waals surface area (Å²) < 4.78 is 9.95. The maximum Gasteiger partial charge on any atom is 0.411 e. The second-order valence-corrected chi connectivity index (χ2v) is 5.84. The number of hydrogen-bond donors (Lipinski definition) is 1. The van der Waals surface area contributed by atoms with Crippen LogP contribution in [0.4, 0.5) is 4.79 Å². The van der Waals surface area contributed by atoms with Gasteiger partial charge in [0, 0.05) is 19.6 Å². The fraction of sp³-hybridized carbons (Fsp3) is 0.769. The molecule has 1 unspecified atom stereocenters. The summed E-state index contributed by atoms with van der Waals surface area (Å²) in [6, 6.07) is -0.863. The van der Waals surface area contributed by atoms with Crippen molar-refractivity contribution in [3.05, 3.63) is 0 Å². The summed E-state index contributed by atoms with van der Waals surface area (Å²) in [5, 5.41) is 8.81. The van der Waals surface area contributed by atoms with Crippen LogP contribution in [-0.2, 0) is 19.1 Å². The summed E-state index contributed by atoms with van der Waals surface area (Å²) in [6.45, 7) is 5.70. The van der Waals surface area contributed by atoms with Crippen LogP contribution in [0.5, 0.6) is 0 Å². The van der Waals surface area contributed by atoms with Crippen molar-refractivity contribution in [3.63, 3.8) is 0 Å². The van der Waals surface area contributed by atoms with E-state index in [1.165, 1.54) is 12.0 Å². The lowest BCUT2D eigenvalue weighted by atomic mass is 10.1. The average Bonchev–Trinajstić information content (AvgIpc) is 2.34. The minimum atomic E-state index is -0.982. The Labute approximate surface area is 123 Å². The number of hydrogen-bond acceptors (Lipinski definition) is 6. The van der Waals surface area contributed by atoms with Gasteiger partial charge in [-0.3, -0.25) is 14.6 Å². The van der Waals surface area contributed by atoms with E-state index in [2.05, 4.69) is 0 Å². The molecule has 1 atom stereocenters. The quantitative estimate of drug-likeness (QED) is 0.742. The van der Waals surface area contributed by atoms with Crippen LogP contribution in [-0.4, -0.2) is 77.9 Å². The largest absolute Gasteiger partial charge is 0.480 e. The first-order chi connectivity index (χ1) is 9.64. The molecule has 0 radical (unpaired) electrons. The molecule has 8 heteroatoms. The van der Waals surface area contributed by atoms with Crippen molar-refractivity contribution < 1.29 is 29.0 Å². The molecule has 0 saturated carbocycles. The molecule has 1 saturated heterocycles. The number of nitrogens with zero attached hydrogens (tertiary/aromatic N) is 2. The molecule has 0 aromatic rings. The number of esters is 1. The van der Waals surface area contributed by atoms with Crippen LogP contribution < -0.4 is 0 Å². The molecule has 0 aromatic carbocycles. The van der Waals surface area contributed by atoms with E-state index in [0.29, 0.717) is 6.54 Å². The first-order valence-electron chi connectivity index (χ1n) is 6.65. The summed E-state index contributed by atoms with van der Waals surface area (Å²) in [6.07, 6.45) is -0.604. The summed E-state index contributed by atoms with van der Waals surface area (Å²) in [4.78, 5) is 37.6. The number of rotatable bonds is 3. The predicted molar refractivity (Wildman–Crippen MR) is 72.8 cm³/mol. The van der Waals surface area contributed by atoms with Crippen molar-refractivity contribution in [2.24, 2.45) is 0 Å². The lowest BCUT2D eigenvalue weighted by Crippen LogP contribution is -2.59. The molecule has 1 aliphatic rings. The van der Waals surface area contributed by atoms with E-state index in [4.69, 9.17) is 14.6 Å². The highest BCUT2D eigenvalue weighted by Crippen LogP contribution is 2.16. The van der Waals surface area contributed by atoms with Crippen LogP contribution in [0.15, 0.2) is 0 Å². The third-order valence-corrected chi connectivity index (χ3v) is 2.92. The van der Waals surface area contributed by atoms with Gasteiger partial charge in [0.25, 0.3) is 0 Å². The minimum Gasteiger partial charge on any atom is -0.480 e. The van der Waals surface area contributed by atoms with E-state index < -0.39 is 29.7 Å². The van der Waals surface area contributed by atoms with Crippen LogP contribution in [0.3, 0.4) is 0 Å². The van der Waals surface area contributed by atoms with E-state index in [0.717, 1.165) is 0 Å². The fourth-order valence-corrected chi connectivity index (χ4v) is 2.05. The zero-order valence-corrected chi connectivity index (χ0v) is 12.8. The third kappa shape index (κ3) is 5.22. The number of carboxylic acid groups (broad SMARTS) is 1. The number of piperazine rings is 1. The molecule has 21 heavy (non-hydrogen) atoms. The molecular formula is C13H22N2O6. The molecule has 1 aliphatic heterocycles. The lowest BCUT2D eigenvalue weighted by Gasteiger charge is -2.39. The Morgan fingerprint density at radius 2 is 1.86 bits per heavy atom. The standard InChI is InChI=1S/C13H22N2O6/c1-13(2,3)21-12(19)15-6-5-14(8-10(16)17)7-9(15)11(18)20-4/h9H,5-8H2,1-4H3,(H,16,17). The van der Waals surface area contributed by atoms with Gasteiger partial charge in [-0.25, -0.2) is 9.59 Å². The lowest BCUT2D eigenvalue weighted by molar-refractivity contribution is -0.151. The molecule has 1 N–H and O–H groups in total. The van der Waals surface area contributed by atoms with Crippen LogP contribution >= 0.6 is 0 Å². The van der Waals surface area contributed by atoms with E-state index in [9.17, 15) is 14.4 Å². The van der Waals surface area contributed by atoms with Crippen LogP contribution in [0, 0.1) is 0 Å². The molecule has 1 amide bonds. The number of carboxylic acids is 1. The predicted octanol–water partition coefficient (Wildman–Crippen LogP) is 0.165. The number of amides is 1. The summed E-state index contributed by atoms with van der Waals surface area (Å²) in [5.74, 6) is -1.57. The second-order valence-electron chi connectivity index (χ2n) is 5.84. The molecule has 0 bridgehead atoms. The van der Waals surface area contributed by atoms with Gasteiger partial charge >= 0.3 is 18.0 Å². The van der Waals surface area contributed by atoms with Crippen molar-refractivity contribution in [1.82, 2.24) is 9.80 Å². The third-order valence-electron chi connectivity index (χ3n) is 2.92. The first-order valence-corrected chi connectivity index (χ1v) is 6.65. The van der Waals surface area contributed by atoms with Crippen molar-refractivity contribution >= 4 is 18.0 Å². The maximum absolute atomic E-state index is 12.1. The van der Waals surface area contributed by atoms with Gasteiger partial charge in [-0.15, -0.1) is 0 Å². The normalized spacial score (nSPS) is 20.0. The topological polar surface area (TPSA) is 96.4 Å². The summed E-state index contributed by atoms with van der Waals surface area (Å²) >= 11 is 0. The highest BCUT2D eigenvalue weighted by atomic mass is 16.6. The fourth-order valence-electron chi connectivity index (χ4n) is 2.05.